The van der Waals surface area contributed by atoms with Gasteiger partial charge in [0, 0.05) is 30.7 Å². The fraction of sp³-hybridized carbons (Fsp3) is 0.450. The molecule has 8 nitrogen and oxygen atoms in total. The standard InChI is InChI=1S/C20H25N5O3S/c1-12(2)21-16(26)14-8-10-25(11-9-14)20(28)19-24-23-18(29-19)17(27)22-15-6-4-13(3)5-7-15/h4-7,12,14H,8-11H2,1-3H3,(H,21,26)(H,22,27). The Labute approximate surface area is 173 Å². The topological polar surface area (TPSA) is 104 Å². The van der Waals surface area contributed by atoms with Crippen LogP contribution >= 0.6 is 11.3 Å². The molecule has 0 unspecified atom stereocenters. The van der Waals surface area contributed by atoms with Gasteiger partial charge in [0.2, 0.25) is 15.9 Å². The number of aryl methyl sites for hydroxylation is 1. The molecule has 1 aliphatic heterocycles. The Hall–Kier alpha value is -2.81. The van der Waals surface area contributed by atoms with Crippen molar-refractivity contribution in [1.29, 1.82) is 0 Å². The first-order valence-corrected chi connectivity index (χ1v) is 10.5. The number of likely N-dealkylation sites (tertiary alicyclic amines) is 1. The molecule has 1 fully saturated rings. The second kappa shape index (κ2) is 9.13. The summed E-state index contributed by atoms with van der Waals surface area (Å²) in [5.74, 6) is -0.682. The average Bonchev–Trinajstić information content (AvgIpc) is 3.19. The van der Waals surface area contributed by atoms with Crippen LogP contribution in [0, 0.1) is 12.8 Å². The number of carbonyl (C=O) groups is 3. The van der Waals surface area contributed by atoms with Crippen LogP contribution in [0.1, 0.15) is 51.9 Å². The highest BCUT2D eigenvalue weighted by molar-refractivity contribution is 7.15. The van der Waals surface area contributed by atoms with E-state index in [0.717, 1.165) is 16.9 Å². The van der Waals surface area contributed by atoms with Gasteiger partial charge in [0.15, 0.2) is 0 Å². The van der Waals surface area contributed by atoms with E-state index in [-0.39, 0.29) is 33.8 Å². The maximum Gasteiger partial charge on any atom is 0.286 e. The number of rotatable bonds is 5. The first-order chi connectivity index (χ1) is 13.8. The molecule has 0 aliphatic carbocycles. The van der Waals surface area contributed by atoms with Crippen LogP contribution in [0.4, 0.5) is 5.69 Å². The molecule has 0 radical (unpaired) electrons. The molecule has 2 heterocycles. The summed E-state index contributed by atoms with van der Waals surface area (Å²) in [6.45, 7) is 6.80. The summed E-state index contributed by atoms with van der Waals surface area (Å²) in [6.07, 6.45) is 1.23. The summed E-state index contributed by atoms with van der Waals surface area (Å²) in [6, 6.07) is 7.51. The van der Waals surface area contributed by atoms with E-state index < -0.39 is 5.91 Å². The van der Waals surface area contributed by atoms with E-state index in [2.05, 4.69) is 20.8 Å². The van der Waals surface area contributed by atoms with E-state index >= 15 is 0 Å². The highest BCUT2D eigenvalue weighted by Gasteiger charge is 2.30. The van der Waals surface area contributed by atoms with Gasteiger partial charge in [0.25, 0.3) is 11.8 Å². The molecular weight excluding hydrogens is 390 g/mol. The Morgan fingerprint density at radius 3 is 2.31 bits per heavy atom. The summed E-state index contributed by atoms with van der Waals surface area (Å²) < 4.78 is 0. The summed E-state index contributed by atoms with van der Waals surface area (Å²) in [5, 5.41) is 13.8. The molecule has 2 N–H and O–H groups in total. The molecule has 0 spiro atoms. The summed E-state index contributed by atoms with van der Waals surface area (Å²) in [7, 11) is 0. The Morgan fingerprint density at radius 1 is 1.07 bits per heavy atom. The van der Waals surface area contributed by atoms with Crippen LogP contribution < -0.4 is 10.6 Å². The highest BCUT2D eigenvalue weighted by atomic mass is 32.1. The minimum absolute atomic E-state index is 0.0399. The van der Waals surface area contributed by atoms with Gasteiger partial charge in [-0.1, -0.05) is 29.0 Å². The van der Waals surface area contributed by atoms with Crippen LogP contribution in [-0.2, 0) is 4.79 Å². The largest absolute Gasteiger partial charge is 0.354 e. The molecule has 9 heteroatoms. The van der Waals surface area contributed by atoms with E-state index in [1.54, 1.807) is 17.0 Å². The molecule has 3 rings (SSSR count). The number of hydrogen-bond acceptors (Lipinski definition) is 6. The van der Waals surface area contributed by atoms with Crippen molar-refractivity contribution in [3.8, 4) is 0 Å². The van der Waals surface area contributed by atoms with E-state index in [4.69, 9.17) is 0 Å². The van der Waals surface area contributed by atoms with Gasteiger partial charge in [-0.3, -0.25) is 14.4 Å². The van der Waals surface area contributed by atoms with Gasteiger partial charge in [-0.2, -0.15) is 0 Å². The number of amides is 3. The van der Waals surface area contributed by atoms with E-state index in [9.17, 15) is 14.4 Å². The predicted molar refractivity (Wildman–Crippen MR) is 111 cm³/mol. The first kappa shape index (κ1) is 20.9. The molecular formula is C20H25N5O3S. The number of piperidine rings is 1. The quantitative estimate of drug-likeness (QED) is 0.781. The van der Waals surface area contributed by atoms with Crippen molar-refractivity contribution >= 4 is 34.7 Å². The van der Waals surface area contributed by atoms with Crippen LogP contribution in [0.3, 0.4) is 0 Å². The third-order valence-corrected chi connectivity index (χ3v) is 5.61. The number of aromatic nitrogens is 2. The molecule has 1 aromatic carbocycles. The van der Waals surface area contributed by atoms with Crippen LogP contribution in [-0.4, -0.2) is 52.0 Å². The number of carbonyl (C=O) groups excluding carboxylic acids is 3. The van der Waals surface area contributed by atoms with Crippen molar-refractivity contribution in [2.75, 3.05) is 18.4 Å². The number of anilines is 1. The summed E-state index contributed by atoms with van der Waals surface area (Å²) >= 11 is 0.976. The molecule has 1 aromatic heterocycles. The molecule has 1 aliphatic rings. The fourth-order valence-electron chi connectivity index (χ4n) is 3.11. The molecule has 2 aromatic rings. The van der Waals surface area contributed by atoms with Crippen molar-refractivity contribution in [3.63, 3.8) is 0 Å². The highest BCUT2D eigenvalue weighted by Crippen LogP contribution is 2.21. The van der Waals surface area contributed by atoms with Crippen LogP contribution in [0.5, 0.6) is 0 Å². The summed E-state index contributed by atoms with van der Waals surface area (Å²) in [4.78, 5) is 38.8. The third kappa shape index (κ3) is 5.38. The maximum atomic E-state index is 12.7. The molecule has 0 bridgehead atoms. The number of hydrogen-bond donors (Lipinski definition) is 2. The molecule has 3 amide bonds. The zero-order valence-corrected chi connectivity index (χ0v) is 17.6. The lowest BCUT2D eigenvalue weighted by Crippen LogP contribution is -2.44. The third-order valence-electron chi connectivity index (χ3n) is 4.70. The number of benzene rings is 1. The maximum absolute atomic E-state index is 12.7. The SMILES string of the molecule is Cc1ccc(NC(=O)c2nnc(C(=O)N3CCC(C(=O)NC(C)C)CC3)s2)cc1. The van der Waals surface area contributed by atoms with E-state index in [1.165, 1.54) is 0 Å². The van der Waals surface area contributed by atoms with Gasteiger partial charge < -0.3 is 15.5 Å². The van der Waals surface area contributed by atoms with Crippen LogP contribution in [0.2, 0.25) is 0 Å². The summed E-state index contributed by atoms with van der Waals surface area (Å²) in [5.41, 5.74) is 1.75. The number of nitrogens with zero attached hydrogens (tertiary/aromatic N) is 3. The zero-order valence-electron chi connectivity index (χ0n) is 16.8. The van der Waals surface area contributed by atoms with Crippen LogP contribution in [0.15, 0.2) is 24.3 Å². The van der Waals surface area contributed by atoms with Crippen LogP contribution in [0.25, 0.3) is 0 Å². The zero-order chi connectivity index (χ0) is 21.0. The average molecular weight is 416 g/mol. The van der Waals surface area contributed by atoms with Crippen molar-refractivity contribution in [1.82, 2.24) is 20.4 Å². The smallest absolute Gasteiger partial charge is 0.286 e. The molecule has 0 atom stereocenters. The predicted octanol–water partition coefficient (Wildman–Crippen LogP) is 2.48. The lowest BCUT2D eigenvalue weighted by Gasteiger charge is -2.31. The second-order valence-corrected chi connectivity index (χ2v) is 8.44. The minimum Gasteiger partial charge on any atom is -0.354 e. The first-order valence-electron chi connectivity index (χ1n) is 9.64. The van der Waals surface area contributed by atoms with Gasteiger partial charge in [-0.05, 0) is 45.7 Å². The molecule has 0 saturated carbocycles. The van der Waals surface area contributed by atoms with Gasteiger partial charge >= 0.3 is 0 Å². The monoisotopic (exact) mass is 415 g/mol. The minimum atomic E-state index is -0.394. The van der Waals surface area contributed by atoms with E-state index in [1.807, 2.05) is 32.9 Å². The molecule has 1 saturated heterocycles. The van der Waals surface area contributed by atoms with Gasteiger partial charge in [-0.15, -0.1) is 10.2 Å². The van der Waals surface area contributed by atoms with Crippen molar-refractivity contribution in [2.24, 2.45) is 5.92 Å². The number of nitrogens with one attached hydrogen (secondary N) is 2. The van der Waals surface area contributed by atoms with Crippen molar-refractivity contribution < 1.29 is 14.4 Å². The van der Waals surface area contributed by atoms with Gasteiger partial charge in [0.1, 0.15) is 0 Å². The fourth-order valence-corrected chi connectivity index (χ4v) is 3.81. The van der Waals surface area contributed by atoms with Crippen molar-refractivity contribution in [2.45, 2.75) is 39.7 Å². The second-order valence-electron chi connectivity index (χ2n) is 7.46. The lowest BCUT2D eigenvalue weighted by molar-refractivity contribution is -0.126. The Balaban J connectivity index is 1.56. The Bertz CT molecular complexity index is 886. The van der Waals surface area contributed by atoms with Gasteiger partial charge in [-0.25, -0.2) is 0 Å². The van der Waals surface area contributed by atoms with E-state index in [0.29, 0.717) is 31.6 Å². The molecule has 154 valence electrons. The molecule has 29 heavy (non-hydrogen) atoms. The Morgan fingerprint density at radius 2 is 1.69 bits per heavy atom. The normalized spacial score (nSPS) is 14.7. The lowest BCUT2D eigenvalue weighted by atomic mass is 9.95. The Kier molecular flexibility index (Phi) is 6.58. The van der Waals surface area contributed by atoms with Gasteiger partial charge in [0.05, 0.1) is 0 Å². The van der Waals surface area contributed by atoms with Crippen molar-refractivity contribution in [3.05, 3.63) is 39.8 Å².